The Bertz CT molecular complexity index is 1190. The number of methoxy groups -OCH3 is 1. The molecule has 0 saturated carbocycles. The second-order valence-electron chi connectivity index (χ2n) is 9.50. The molecule has 0 spiro atoms. The molecule has 1 aromatic carbocycles. The van der Waals surface area contributed by atoms with Gasteiger partial charge in [0.1, 0.15) is 17.6 Å². The molecule has 0 bridgehead atoms. The minimum absolute atomic E-state index is 0.0649. The minimum Gasteiger partial charge on any atom is -0.497 e. The number of ether oxygens (including phenoxy) is 2. The number of carbonyl (C=O) groups is 2. The van der Waals surface area contributed by atoms with Crippen molar-refractivity contribution in [3.05, 3.63) is 24.0 Å². The fraction of sp³-hybridized carbons (Fsp3) is 0.560. The predicted octanol–water partition coefficient (Wildman–Crippen LogP) is 3.31. The summed E-state index contributed by atoms with van der Waals surface area (Å²) in [6, 6.07) is 5.07. The maximum absolute atomic E-state index is 12.6. The van der Waals surface area contributed by atoms with Crippen LogP contribution in [0.15, 0.2) is 18.2 Å². The van der Waals surface area contributed by atoms with E-state index in [1.807, 2.05) is 57.2 Å². The molecule has 0 radical (unpaired) electrons. The number of rotatable bonds is 12. The van der Waals surface area contributed by atoms with Crippen molar-refractivity contribution in [1.82, 2.24) is 30.2 Å². The zero-order valence-electron chi connectivity index (χ0n) is 21.9. The normalized spacial score (nSPS) is 12.2. The van der Waals surface area contributed by atoms with Gasteiger partial charge >= 0.3 is 6.09 Å². The molecule has 0 saturated heterocycles. The van der Waals surface area contributed by atoms with Crippen molar-refractivity contribution < 1.29 is 19.1 Å². The van der Waals surface area contributed by atoms with E-state index in [0.29, 0.717) is 31.2 Å². The molecule has 0 unspecified atom stereocenters. The number of benzene rings is 1. The van der Waals surface area contributed by atoms with Crippen molar-refractivity contribution in [2.45, 2.75) is 53.5 Å². The highest BCUT2D eigenvalue weighted by Crippen LogP contribution is 2.25. The number of aryl methyl sites for hydroxylation is 1. The first-order valence-corrected chi connectivity index (χ1v) is 12.4. The molecule has 2 amide bonds. The number of nitrogens with one attached hydrogen (secondary N) is 3. The summed E-state index contributed by atoms with van der Waals surface area (Å²) in [4.78, 5) is 29.3. The van der Waals surface area contributed by atoms with E-state index >= 15 is 0 Å². The Hall–Kier alpha value is -3.63. The summed E-state index contributed by atoms with van der Waals surface area (Å²) in [5.41, 5.74) is 2.34. The number of aromatic nitrogens is 4. The van der Waals surface area contributed by atoms with Crippen LogP contribution in [-0.4, -0.2) is 64.4 Å². The number of amides is 2. The van der Waals surface area contributed by atoms with Crippen LogP contribution in [0.4, 0.5) is 10.6 Å². The molecule has 11 heteroatoms. The van der Waals surface area contributed by atoms with E-state index < -0.39 is 12.1 Å². The lowest BCUT2D eigenvalue weighted by atomic mass is 10.0. The summed E-state index contributed by atoms with van der Waals surface area (Å²) in [5, 5.41) is 17.4. The Morgan fingerprint density at radius 1 is 1.08 bits per heavy atom. The molecule has 0 aliphatic rings. The van der Waals surface area contributed by atoms with Crippen molar-refractivity contribution in [1.29, 1.82) is 0 Å². The number of nitrogens with zero attached hydrogens (tertiary/aromatic N) is 4. The van der Waals surface area contributed by atoms with E-state index in [2.05, 4.69) is 26.1 Å². The van der Waals surface area contributed by atoms with Crippen LogP contribution < -0.4 is 20.7 Å². The van der Waals surface area contributed by atoms with Crippen LogP contribution in [0, 0.1) is 18.8 Å². The summed E-state index contributed by atoms with van der Waals surface area (Å²) in [7, 11) is 1.62. The van der Waals surface area contributed by atoms with Gasteiger partial charge in [-0.3, -0.25) is 9.20 Å². The smallest absolute Gasteiger partial charge is 0.407 e. The second kappa shape index (κ2) is 12.4. The fourth-order valence-electron chi connectivity index (χ4n) is 3.73. The third kappa shape index (κ3) is 6.73. The maximum atomic E-state index is 12.6. The van der Waals surface area contributed by atoms with E-state index in [1.165, 1.54) is 0 Å². The van der Waals surface area contributed by atoms with Crippen LogP contribution in [0.5, 0.6) is 5.75 Å². The highest BCUT2D eigenvalue weighted by Gasteiger charge is 2.24. The number of hydrogen-bond donors (Lipinski definition) is 3. The van der Waals surface area contributed by atoms with Gasteiger partial charge < -0.3 is 25.4 Å². The molecule has 0 aliphatic carbocycles. The number of hydrogen-bond acceptors (Lipinski definition) is 8. The lowest BCUT2D eigenvalue weighted by molar-refractivity contribution is -0.124. The van der Waals surface area contributed by atoms with Crippen molar-refractivity contribution in [2.24, 2.45) is 11.8 Å². The van der Waals surface area contributed by atoms with E-state index in [9.17, 15) is 9.59 Å². The third-order valence-corrected chi connectivity index (χ3v) is 5.66. The Labute approximate surface area is 211 Å². The summed E-state index contributed by atoms with van der Waals surface area (Å²) in [6.45, 7) is 11.0. The van der Waals surface area contributed by atoms with Gasteiger partial charge in [-0.2, -0.15) is 0 Å². The molecule has 0 fully saturated rings. The molecule has 0 aliphatic heterocycles. The second-order valence-corrected chi connectivity index (χ2v) is 9.50. The number of alkyl carbamates (subject to hydrolysis) is 1. The lowest BCUT2D eigenvalue weighted by Gasteiger charge is -2.21. The van der Waals surface area contributed by atoms with E-state index in [-0.39, 0.29) is 17.7 Å². The zero-order chi connectivity index (χ0) is 26.2. The molecule has 2 heterocycles. The molecule has 196 valence electrons. The number of carbonyl (C=O) groups excluding carboxylic acids is 2. The molecule has 1 atom stereocenters. The summed E-state index contributed by atoms with van der Waals surface area (Å²) < 4.78 is 12.5. The van der Waals surface area contributed by atoms with Gasteiger partial charge in [0.2, 0.25) is 11.6 Å². The maximum Gasteiger partial charge on any atom is 0.407 e. The predicted molar refractivity (Wildman–Crippen MR) is 138 cm³/mol. The van der Waals surface area contributed by atoms with Crippen molar-refractivity contribution in [2.75, 3.05) is 32.1 Å². The van der Waals surface area contributed by atoms with Gasteiger partial charge in [0.15, 0.2) is 5.82 Å². The summed E-state index contributed by atoms with van der Waals surface area (Å²) in [6.07, 6.45) is 0.982. The molecular weight excluding hydrogens is 462 g/mol. The van der Waals surface area contributed by atoms with Gasteiger partial charge in [-0.1, -0.05) is 27.7 Å². The highest BCUT2D eigenvalue weighted by molar-refractivity contribution is 5.86. The molecule has 3 aromatic rings. The van der Waals surface area contributed by atoms with Crippen LogP contribution in [-0.2, 0) is 9.53 Å². The van der Waals surface area contributed by atoms with Crippen LogP contribution >= 0.6 is 0 Å². The first-order valence-electron chi connectivity index (χ1n) is 12.4. The number of unbranched alkanes of at least 4 members (excludes halogenated alkanes) is 1. The standard InChI is InChI=1S/C25H37N7O4/c1-15(2)14-36-25(34)29-21(16(3)4)24(33)27-12-8-7-11-26-22-23-31-30-17(5)32(23)20-10-9-18(35-6)13-19(20)28-22/h9-10,13,15-16,21H,7-8,11-12,14H2,1-6H3,(H,26,28)(H,27,33)(H,29,34)/t21-/m0/s1. The van der Waals surface area contributed by atoms with Crippen molar-refractivity contribution in [3.8, 4) is 5.75 Å². The van der Waals surface area contributed by atoms with Gasteiger partial charge in [0.25, 0.3) is 0 Å². The third-order valence-electron chi connectivity index (χ3n) is 5.66. The average molecular weight is 500 g/mol. The van der Waals surface area contributed by atoms with Crippen molar-refractivity contribution >= 4 is 34.5 Å². The van der Waals surface area contributed by atoms with Crippen LogP contribution in [0.2, 0.25) is 0 Å². The van der Waals surface area contributed by atoms with Crippen LogP contribution in [0.3, 0.4) is 0 Å². The lowest BCUT2D eigenvalue weighted by Crippen LogP contribution is -2.50. The van der Waals surface area contributed by atoms with Crippen LogP contribution in [0.1, 0.15) is 46.4 Å². The Morgan fingerprint density at radius 2 is 1.83 bits per heavy atom. The molecule has 2 aromatic heterocycles. The highest BCUT2D eigenvalue weighted by atomic mass is 16.5. The van der Waals surface area contributed by atoms with E-state index in [4.69, 9.17) is 14.5 Å². The zero-order valence-corrected chi connectivity index (χ0v) is 21.9. The fourth-order valence-corrected chi connectivity index (χ4v) is 3.73. The summed E-state index contributed by atoms with van der Waals surface area (Å²) in [5.74, 6) is 2.09. The number of fused-ring (bicyclic) bond motifs is 3. The topological polar surface area (TPSA) is 132 Å². The van der Waals surface area contributed by atoms with Gasteiger partial charge in [0.05, 0.1) is 24.8 Å². The Morgan fingerprint density at radius 3 is 2.53 bits per heavy atom. The monoisotopic (exact) mass is 499 g/mol. The average Bonchev–Trinajstić information content (AvgIpc) is 3.24. The Balaban J connectivity index is 1.51. The van der Waals surface area contributed by atoms with E-state index in [0.717, 1.165) is 35.4 Å². The van der Waals surface area contributed by atoms with Gasteiger partial charge in [-0.25, -0.2) is 9.78 Å². The summed E-state index contributed by atoms with van der Waals surface area (Å²) >= 11 is 0. The molecule has 3 N–H and O–H groups in total. The first kappa shape index (κ1) is 27.0. The number of anilines is 1. The largest absolute Gasteiger partial charge is 0.497 e. The molecule has 36 heavy (non-hydrogen) atoms. The van der Waals surface area contributed by atoms with Crippen LogP contribution in [0.25, 0.3) is 16.7 Å². The quantitative estimate of drug-likeness (QED) is 0.324. The van der Waals surface area contributed by atoms with Gasteiger partial charge in [-0.05, 0) is 43.7 Å². The first-order chi connectivity index (χ1) is 17.2. The molecule has 3 rings (SSSR count). The molecule has 11 nitrogen and oxygen atoms in total. The van der Waals surface area contributed by atoms with Gasteiger partial charge in [-0.15, -0.1) is 10.2 Å². The molecular formula is C25H37N7O4. The van der Waals surface area contributed by atoms with Gasteiger partial charge in [0, 0.05) is 19.2 Å². The Kier molecular flexibility index (Phi) is 9.26. The SMILES string of the molecule is COc1ccc2c(c1)nc(NCCCCNC(=O)[C@@H](NC(=O)OCC(C)C)C(C)C)c1nnc(C)n12. The van der Waals surface area contributed by atoms with Crippen molar-refractivity contribution in [3.63, 3.8) is 0 Å². The van der Waals surface area contributed by atoms with E-state index in [1.54, 1.807) is 7.11 Å². The minimum atomic E-state index is -0.647.